The number of anilines is 2. The Morgan fingerprint density at radius 3 is 2.76 bits per heavy atom. The fourth-order valence-corrected chi connectivity index (χ4v) is 3.42. The summed E-state index contributed by atoms with van der Waals surface area (Å²) < 4.78 is 1.74. The number of para-hydroxylation sites is 1. The molecule has 0 spiro atoms. The fraction of sp³-hybridized carbons (Fsp3) is 0.316. The summed E-state index contributed by atoms with van der Waals surface area (Å²) in [6, 6.07) is 17.3. The highest BCUT2D eigenvalue weighted by molar-refractivity contribution is 5.59. The van der Waals surface area contributed by atoms with E-state index in [1.807, 2.05) is 12.1 Å². The van der Waals surface area contributed by atoms with Gasteiger partial charge in [0.2, 0.25) is 5.95 Å². The Morgan fingerprint density at radius 1 is 1.12 bits per heavy atom. The second kappa shape index (κ2) is 6.55. The van der Waals surface area contributed by atoms with Gasteiger partial charge in [0.1, 0.15) is 0 Å². The van der Waals surface area contributed by atoms with Crippen LogP contribution >= 0.6 is 0 Å². The predicted octanol–water partition coefficient (Wildman–Crippen LogP) is 2.83. The van der Waals surface area contributed by atoms with Gasteiger partial charge in [0.25, 0.3) is 0 Å². The van der Waals surface area contributed by atoms with Gasteiger partial charge in [-0.2, -0.15) is 4.68 Å². The van der Waals surface area contributed by atoms with Gasteiger partial charge in [-0.15, -0.1) is 0 Å². The number of fused-ring (bicyclic) bond motifs is 1. The molecule has 0 saturated heterocycles. The summed E-state index contributed by atoms with van der Waals surface area (Å²) in [5, 5.41) is 15.4. The topological polar surface area (TPSA) is 58.9 Å². The Kier molecular flexibility index (Phi) is 4.09. The van der Waals surface area contributed by atoms with E-state index in [1.54, 1.807) is 4.68 Å². The number of tetrazole rings is 1. The molecule has 1 N–H and O–H groups in total. The van der Waals surface area contributed by atoms with Crippen LogP contribution in [0.15, 0.2) is 48.5 Å². The highest BCUT2D eigenvalue weighted by Gasteiger charge is 2.24. The number of benzene rings is 2. The van der Waals surface area contributed by atoms with E-state index in [0.717, 1.165) is 25.2 Å². The number of aryl methyl sites for hydroxylation is 1. The predicted molar refractivity (Wildman–Crippen MR) is 99.3 cm³/mol. The van der Waals surface area contributed by atoms with Crippen LogP contribution in [0, 0.1) is 6.92 Å². The van der Waals surface area contributed by atoms with E-state index < -0.39 is 0 Å². The molecule has 3 aromatic rings. The fourth-order valence-electron chi connectivity index (χ4n) is 3.42. The van der Waals surface area contributed by atoms with Crippen molar-refractivity contribution >= 4 is 11.6 Å². The van der Waals surface area contributed by atoms with Gasteiger partial charge in [0, 0.05) is 24.8 Å². The summed E-state index contributed by atoms with van der Waals surface area (Å²) in [5.74, 6) is 0.670. The second-order valence-corrected chi connectivity index (χ2v) is 6.55. The largest absolute Gasteiger partial charge is 0.367 e. The van der Waals surface area contributed by atoms with Crippen molar-refractivity contribution in [3.05, 3.63) is 59.7 Å². The summed E-state index contributed by atoms with van der Waals surface area (Å²) >= 11 is 0. The Morgan fingerprint density at radius 2 is 1.92 bits per heavy atom. The number of rotatable bonds is 5. The molecule has 0 fully saturated rings. The van der Waals surface area contributed by atoms with Crippen LogP contribution in [0.3, 0.4) is 0 Å². The van der Waals surface area contributed by atoms with Gasteiger partial charge in [-0.05, 0) is 54.5 Å². The van der Waals surface area contributed by atoms with Crippen molar-refractivity contribution in [3.63, 3.8) is 0 Å². The van der Waals surface area contributed by atoms with Crippen LogP contribution in [-0.2, 0) is 6.42 Å². The molecule has 0 aliphatic carbocycles. The average Bonchev–Trinajstić information content (AvgIpc) is 3.20. The Balaban J connectivity index is 1.43. The van der Waals surface area contributed by atoms with Crippen molar-refractivity contribution in [2.75, 3.05) is 23.3 Å². The number of hydrogen-bond acceptors (Lipinski definition) is 5. The lowest BCUT2D eigenvalue weighted by atomic mass is 10.1. The van der Waals surface area contributed by atoms with Gasteiger partial charge in [0.05, 0.1) is 5.69 Å². The van der Waals surface area contributed by atoms with Crippen LogP contribution in [0.5, 0.6) is 0 Å². The van der Waals surface area contributed by atoms with Crippen molar-refractivity contribution in [2.45, 2.75) is 26.3 Å². The van der Waals surface area contributed by atoms with E-state index in [1.165, 1.54) is 16.8 Å². The standard InChI is InChI=1S/C19H22N6/c1-14-7-9-17(10-8-14)25-19(21-22-23-25)20-11-12-24-15(2)13-16-5-3-4-6-18(16)24/h3-10,15H,11-13H2,1-2H3,(H,20,21,23)/t15-/m1/s1. The molecule has 2 aromatic carbocycles. The van der Waals surface area contributed by atoms with E-state index in [-0.39, 0.29) is 0 Å². The molecule has 1 aromatic heterocycles. The molecule has 0 unspecified atom stereocenters. The number of nitrogens with zero attached hydrogens (tertiary/aromatic N) is 5. The van der Waals surface area contributed by atoms with Crippen molar-refractivity contribution < 1.29 is 0 Å². The third kappa shape index (κ3) is 3.07. The summed E-state index contributed by atoms with van der Waals surface area (Å²) in [7, 11) is 0. The first kappa shape index (κ1) is 15.6. The molecule has 0 saturated carbocycles. The lowest BCUT2D eigenvalue weighted by Crippen LogP contribution is -2.34. The zero-order valence-electron chi connectivity index (χ0n) is 14.6. The molecule has 1 atom stereocenters. The molecule has 6 heteroatoms. The lowest BCUT2D eigenvalue weighted by Gasteiger charge is -2.25. The lowest BCUT2D eigenvalue weighted by molar-refractivity contribution is 0.679. The van der Waals surface area contributed by atoms with Crippen LogP contribution < -0.4 is 10.2 Å². The first-order valence-electron chi connectivity index (χ1n) is 8.66. The smallest absolute Gasteiger partial charge is 0.247 e. The third-order valence-corrected chi connectivity index (χ3v) is 4.73. The zero-order valence-corrected chi connectivity index (χ0v) is 14.6. The van der Waals surface area contributed by atoms with Crippen LogP contribution in [-0.4, -0.2) is 39.3 Å². The Hall–Kier alpha value is -2.89. The second-order valence-electron chi connectivity index (χ2n) is 6.55. The molecular formula is C19H22N6. The SMILES string of the molecule is Cc1ccc(-n2nnnc2NCCN2c3ccccc3C[C@H]2C)cc1. The maximum absolute atomic E-state index is 4.11. The van der Waals surface area contributed by atoms with E-state index in [0.29, 0.717) is 12.0 Å². The minimum Gasteiger partial charge on any atom is -0.367 e. The van der Waals surface area contributed by atoms with E-state index >= 15 is 0 Å². The molecule has 0 amide bonds. The number of nitrogens with one attached hydrogen (secondary N) is 1. The molecule has 0 radical (unpaired) electrons. The molecular weight excluding hydrogens is 312 g/mol. The van der Waals surface area contributed by atoms with Crippen molar-refractivity contribution in [1.82, 2.24) is 20.2 Å². The van der Waals surface area contributed by atoms with Crippen LogP contribution in [0.2, 0.25) is 0 Å². The molecule has 0 bridgehead atoms. The van der Waals surface area contributed by atoms with E-state index in [9.17, 15) is 0 Å². The first-order chi connectivity index (χ1) is 12.2. The van der Waals surface area contributed by atoms with Crippen molar-refractivity contribution in [2.24, 2.45) is 0 Å². The molecule has 2 heterocycles. The Bertz CT molecular complexity index is 854. The first-order valence-corrected chi connectivity index (χ1v) is 8.66. The van der Waals surface area contributed by atoms with Crippen molar-refractivity contribution in [1.29, 1.82) is 0 Å². The molecule has 4 rings (SSSR count). The van der Waals surface area contributed by atoms with Crippen molar-refractivity contribution in [3.8, 4) is 5.69 Å². The maximum atomic E-state index is 4.11. The molecule has 128 valence electrons. The van der Waals surface area contributed by atoms with Gasteiger partial charge in [-0.25, -0.2) is 0 Å². The monoisotopic (exact) mass is 334 g/mol. The molecule has 1 aliphatic rings. The van der Waals surface area contributed by atoms with Gasteiger partial charge in [-0.3, -0.25) is 0 Å². The quantitative estimate of drug-likeness (QED) is 0.777. The average molecular weight is 334 g/mol. The van der Waals surface area contributed by atoms with Crippen LogP contribution in [0.25, 0.3) is 5.69 Å². The van der Waals surface area contributed by atoms with Gasteiger partial charge in [0.15, 0.2) is 0 Å². The van der Waals surface area contributed by atoms with Gasteiger partial charge >= 0.3 is 0 Å². The summed E-state index contributed by atoms with van der Waals surface area (Å²) in [5.41, 5.74) is 4.94. The summed E-state index contributed by atoms with van der Waals surface area (Å²) in [4.78, 5) is 2.45. The summed E-state index contributed by atoms with van der Waals surface area (Å²) in [6.07, 6.45) is 1.11. The molecule has 6 nitrogen and oxygen atoms in total. The molecule has 25 heavy (non-hydrogen) atoms. The maximum Gasteiger partial charge on any atom is 0.247 e. The zero-order chi connectivity index (χ0) is 17.2. The normalized spacial score (nSPS) is 16.1. The molecule has 1 aliphatic heterocycles. The third-order valence-electron chi connectivity index (χ3n) is 4.73. The number of aromatic nitrogens is 4. The van der Waals surface area contributed by atoms with Crippen LogP contribution in [0.1, 0.15) is 18.1 Å². The summed E-state index contributed by atoms with van der Waals surface area (Å²) in [6.45, 7) is 6.04. The van der Waals surface area contributed by atoms with Gasteiger partial charge in [-0.1, -0.05) is 41.0 Å². The van der Waals surface area contributed by atoms with E-state index in [4.69, 9.17) is 0 Å². The van der Waals surface area contributed by atoms with E-state index in [2.05, 4.69) is 76.0 Å². The minimum absolute atomic E-state index is 0.521. The van der Waals surface area contributed by atoms with Gasteiger partial charge < -0.3 is 10.2 Å². The Labute approximate surface area is 147 Å². The number of hydrogen-bond donors (Lipinski definition) is 1. The minimum atomic E-state index is 0.521. The van der Waals surface area contributed by atoms with Crippen LogP contribution in [0.4, 0.5) is 11.6 Å². The highest BCUT2D eigenvalue weighted by Crippen LogP contribution is 2.31. The highest BCUT2D eigenvalue weighted by atomic mass is 15.6.